The van der Waals surface area contributed by atoms with E-state index in [-0.39, 0.29) is 0 Å². The molecule has 0 spiro atoms. The van der Waals surface area contributed by atoms with E-state index in [1.54, 1.807) is 0 Å². The Balaban J connectivity index is 0.000000774. The van der Waals surface area contributed by atoms with Crippen LogP contribution < -0.4 is 0 Å². The van der Waals surface area contributed by atoms with E-state index in [2.05, 4.69) is 43.1 Å². The molecule has 114 valence electrons. The number of pyridine rings is 1. The molecule has 1 aliphatic rings. The topological polar surface area (TPSA) is 22.1 Å². The quantitative estimate of drug-likeness (QED) is 0.772. The van der Waals surface area contributed by atoms with Crippen molar-refractivity contribution in [2.45, 2.75) is 52.9 Å². The number of rotatable bonds is 2. The van der Waals surface area contributed by atoms with Crippen LogP contribution >= 0.6 is 0 Å². The van der Waals surface area contributed by atoms with Gasteiger partial charge >= 0.3 is 0 Å². The molecule has 21 heavy (non-hydrogen) atoms. The molecule has 0 radical (unpaired) electrons. The van der Waals surface area contributed by atoms with Gasteiger partial charge in [0.1, 0.15) is 0 Å². The molecule has 2 heteroatoms. The predicted octanol–water partition coefficient (Wildman–Crippen LogP) is 5.03. The van der Waals surface area contributed by atoms with Crippen molar-refractivity contribution in [2.75, 3.05) is 13.2 Å². The van der Waals surface area contributed by atoms with Gasteiger partial charge in [0, 0.05) is 24.3 Å². The first kappa shape index (κ1) is 16.0. The summed E-state index contributed by atoms with van der Waals surface area (Å²) in [5, 5.41) is 1.33. The summed E-state index contributed by atoms with van der Waals surface area (Å²) in [6.45, 7) is 10.1. The minimum Gasteiger partial charge on any atom is -0.381 e. The molecule has 2 heterocycles. The first-order valence-electron chi connectivity index (χ1n) is 8.26. The largest absolute Gasteiger partial charge is 0.381 e. The number of ether oxygens (including phenoxy) is 1. The Morgan fingerprint density at radius 2 is 1.86 bits per heavy atom. The molecule has 0 bridgehead atoms. The maximum absolute atomic E-state index is 5.46. The van der Waals surface area contributed by atoms with Gasteiger partial charge in [-0.3, -0.25) is 4.98 Å². The molecule has 0 unspecified atom stereocenters. The van der Waals surface area contributed by atoms with Gasteiger partial charge in [-0.2, -0.15) is 0 Å². The van der Waals surface area contributed by atoms with Gasteiger partial charge in [0.05, 0.1) is 5.52 Å². The summed E-state index contributed by atoms with van der Waals surface area (Å²) >= 11 is 0. The highest BCUT2D eigenvalue weighted by molar-refractivity contribution is 5.83. The Bertz CT molecular complexity index is 585. The van der Waals surface area contributed by atoms with Crippen LogP contribution in [0.2, 0.25) is 0 Å². The van der Waals surface area contributed by atoms with Crippen LogP contribution in [0, 0.1) is 6.92 Å². The lowest BCUT2D eigenvalue weighted by molar-refractivity contribution is 0.0853. The highest BCUT2D eigenvalue weighted by Crippen LogP contribution is 2.30. The molecule has 1 fully saturated rings. The number of hydrogen-bond donors (Lipinski definition) is 0. The molecule has 0 N–H and O–H groups in total. The molecule has 0 atom stereocenters. The average Bonchev–Trinajstić information content (AvgIpc) is 2.56. The lowest BCUT2D eigenvalue weighted by Gasteiger charge is -2.23. The Kier molecular flexibility index (Phi) is 5.75. The Hall–Kier alpha value is -1.41. The molecule has 1 saturated heterocycles. The molecule has 0 saturated carbocycles. The molecule has 3 rings (SSSR count). The van der Waals surface area contributed by atoms with Gasteiger partial charge in [-0.05, 0) is 61.4 Å². The summed E-state index contributed by atoms with van der Waals surface area (Å²) in [5.41, 5.74) is 5.11. The van der Waals surface area contributed by atoms with Gasteiger partial charge in [-0.25, -0.2) is 0 Å². The Labute approximate surface area is 128 Å². The number of aromatic nitrogens is 1. The first-order chi connectivity index (χ1) is 10.3. The van der Waals surface area contributed by atoms with Crippen LogP contribution in [0.3, 0.4) is 0 Å². The van der Waals surface area contributed by atoms with E-state index in [4.69, 9.17) is 4.74 Å². The third-order valence-electron chi connectivity index (χ3n) is 4.12. The van der Waals surface area contributed by atoms with Crippen LogP contribution in [0.5, 0.6) is 0 Å². The van der Waals surface area contributed by atoms with Crippen LogP contribution in [-0.4, -0.2) is 18.2 Å². The fourth-order valence-electron chi connectivity index (χ4n) is 3.04. The Morgan fingerprint density at radius 1 is 1.14 bits per heavy atom. The van der Waals surface area contributed by atoms with E-state index in [1.807, 2.05) is 13.8 Å². The van der Waals surface area contributed by atoms with E-state index in [9.17, 15) is 0 Å². The number of nitrogens with zero attached hydrogens (tertiary/aromatic N) is 1. The van der Waals surface area contributed by atoms with Crippen molar-refractivity contribution in [1.82, 2.24) is 4.98 Å². The highest BCUT2D eigenvalue weighted by atomic mass is 16.5. The lowest BCUT2D eigenvalue weighted by atomic mass is 9.90. The summed E-state index contributed by atoms with van der Waals surface area (Å²) in [6.07, 6.45) is 3.36. The van der Waals surface area contributed by atoms with Crippen molar-refractivity contribution in [3.8, 4) is 0 Å². The van der Waals surface area contributed by atoms with Crippen molar-refractivity contribution in [3.63, 3.8) is 0 Å². The van der Waals surface area contributed by atoms with Crippen LogP contribution in [0.4, 0.5) is 0 Å². The molecule has 2 aromatic rings. The zero-order valence-corrected chi connectivity index (χ0v) is 13.8. The van der Waals surface area contributed by atoms with Crippen LogP contribution in [-0.2, 0) is 11.2 Å². The Morgan fingerprint density at radius 3 is 2.52 bits per heavy atom. The molecule has 0 aliphatic carbocycles. The standard InChI is InChI=1S/C17H21NO.C2H6/c1-3-13-10-12(2)18-17-5-4-15(11-16(13)17)14-6-8-19-9-7-14;1-2/h4-5,10-11,14H,3,6-9H2,1-2H3;1-2H3. The zero-order valence-electron chi connectivity index (χ0n) is 13.8. The van der Waals surface area contributed by atoms with E-state index in [0.717, 1.165) is 43.7 Å². The maximum atomic E-state index is 5.46. The molecular formula is C19H27NO. The van der Waals surface area contributed by atoms with Gasteiger partial charge in [0.15, 0.2) is 0 Å². The molecule has 1 aromatic heterocycles. The van der Waals surface area contributed by atoms with E-state index in [1.165, 1.54) is 16.5 Å². The van der Waals surface area contributed by atoms with E-state index in [0.29, 0.717) is 5.92 Å². The monoisotopic (exact) mass is 285 g/mol. The molecule has 0 amide bonds. The van der Waals surface area contributed by atoms with E-state index < -0.39 is 0 Å². The van der Waals surface area contributed by atoms with Crippen molar-refractivity contribution < 1.29 is 4.74 Å². The summed E-state index contributed by atoms with van der Waals surface area (Å²) in [7, 11) is 0. The highest BCUT2D eigenvalue weighted by Gasteiger charge is 2.16. The van der Waals surface area contributed by atoms with Crippen molar-refractivity contribution >= 4 is 10.9 Å². The number of benzene rings is 1. The third-order valence-corrected chi connectivity index (χ3v) is 4.12. The van der Waals surface area contributed by atoms with Crippen LogP contribution in [0.25, 0.3) is 10.9 Å². The summed E-state index contributed by atoms with van der Waals surface area (Å²) in [4.78, 5) is 4.65. The third kappa shape index (κ3) is 3.62. The van der Waals surface area contributed by atoms with E-state index >= 15 is 0 Å². The average molecular weight is 285 g/mol. The van der Waals surface area contributed by atoms with Crippen molar-refractivity contribution in [2.24, 2.45) is 0 Å². The normalized spacial score (nSPS) is 15.6. The minimum atomic E-state index is 0.657. The summed E-state index contributed by atoms with van der Waals surface area (Å²) in [6, 6.07) is 9.02. The number of fused-ring (bicyclic) bond motifs is 1. The van der Waals surface area contributed by atoms with Crippen LogP contribution in [0.15, 0.2) is 24.3 Å². The second-order valence-electron chi connectivity index (χ2n) is 5.44. The van der Waals surface area contributed by atoms with Crippen molar-refractivity contribution in [1.29, 1.82) is 0 Å². The first-order valence-corrected chi connectivity index (χ1v) is 8.26. The van der Waals surface area contributed by atoms with Gasteiger partial charge in [-0.15, -0.1) is 0 Å². The van der Waals surface area contributed by atoms with Crippen LogP contribution in [0.1, 0.15) is 56.4 Å². The second-order valence-corrected chi connectivity index (χ2v) is 5.44. The minimum absolute atomic E-state index is 0.657. The SMILES string of the molecule is CC.CCc1cc(C)nc2ccc(C3CCOCC3)cc12. The fourth-order valence-corrected chi connectivity index (χ4v) is 3.04. The fraction of sp³-hybridized carbons (Fsp3) is 0.526. The second kappa shape index (κ2) is 7.56. The lowest BCUT2D eigenvalue weighted by Crippen LogP contribution is -2.14. The zero-order chi connectivity index (χ0) is 15.2. The predicted molar refractivity (Wildman–Crippen MR) is 90.0 cm³/mol. The van der Waals surface area contributed by atoms with Gasteiger partial charge in [-0.1, -0.05) is 26.8 Å². The molecule has 1 aliphatic heterocycles. The summed E-state index contributed by atoms with van der Waals surface area (Å²) < 4.78 is 5.46. The summed E-state index contributed by atoms with van der Waals surface area (Å²) in [5.74, 6) is 0.657. The molecular weight excluding hydrogens is 258 g/mol. The maximum Gasteiger partial charge on any atom is 0.0708 e. The van der Waals surface area contributed by atoms with Gasteiger partial charge in [0.25, 0.3) is 0 Å². The number of hydrogen-bond acceptors (Lipinski definition) is 2. The molecule has 1 aromatic carbocycles. The van der Waals surface area contributed by atoms with Gasteiger partial charge in [0.2, 0.25) is 0 Å². The number of aryl methyl sites for hydroxylation is 2. The van der Waals surface area contributed by atoms with Crippen molar-refractivity contribution in [3.05, 3.63) is 41.1 Å². The molecule has 2 nitrogen and oxygen atoms in total. The smallest absolute Gasteiger partial charge is 0.0708 e. The van der Waals surface area contributed by atoms with Gasteiger partial charge < -0.3 is 4.74 Å².